The molecule has 17 heavy (non-hydrogen) atoms. The Hall–Kier alpha value is -0.120. The molecule has 0 saturated carbocycles. The molecular weight excluding hydrogens is 214 g/mol. The van der Waals surface area contributed by atoms with Gasteiger partial charge in [0.2, 0.25) is 0 Å². The van der Waals surface area contributed by atoms with Crippen molar-refractivity contribution in [2.45, 2.75) is 64.9 Å². The number of hydrogen-bond donors (Lipinski definition) is 2. The highest BCUT2D eigenvalue weighted by atomic mass is 16.3. The molecule has 0 aromatic carbocycles. The second-order valence-electron chi connectivity index (χ2n) is 4.88. The fraction of sp³-hybridized carbons (Fsp3) is 1.00. The van der Waals surface area contributed by atoms with Crippen molar-refractivity contribution >= 4 is 0 Å². The van der Waals surface area contributed by atoms with Gasteiger partial charge in [0.25, 0.3) is 0 Å². The molecule has 0 aromatic heterocycles. The van der Waals surface area contributed by atoms with E-state index in [1.54, 1.807) is 0 Å². The van der Waals surface area contributed by atoms with Crippen molar-refractivity contribution in [2.75, 3.05) is 26.2 Å². The summed E-state index contributed by atoms with van der Waals surface area (Å²) >= 11 is 0. The summed E-state index contributed by atoms with van der Waals surface area (Å²) in [4.78, 5) is 2.17. The summed E-state index contributed by atoms with van der Waals surface area (Å²) in [6, 6.07) is 0. The molecule has 2 N–H and O–H groups in total. The highest BCUT2D eigenvalue weighted by Crippen LogP contribution is 2.07. The van der Waals surface area contributed by atoms with Crippen LogP contribution in [0, 0.1) is 0 Å². The quantitative estimate of drug-likeness (QED) is 0.519. The van der Waals surface area contributed by atoms with Gasteiger partial charge >= 0.3 is 0 Å². The first-order valence-electron chi connectivity index (χ1n) is 7.25. The van der Waals surface area contributed by atoms with E-state index in [9.17, 15) is 5.11 Å². The largest absolute Gasteiger partial charge is 0.395 e. The normalized spacial score (nSPS) is 13.2. The average Bonchev–Trinajstić information content (AvgIpc) is 2.32. The lowest BCUT2D eigenvalue weighted by atomic mass is 10.1. The van der Waals surface area contributed by atoms with Crippen LogP contribution in [-0.2, 0) is 0 Å². The lowest BCUT2D eigenvalue weighted by Gasteiger charge is -2.24. The molecule has 1 unspecified atom stereocenters. The van der Waals surface area contributed by atoms with Gasteiger partial charge in [-0.15, -0.1) is 0 Å². The van der Waals surface area contributed by atoms with E-state index in [1.165, 1.54) is 19.3 Å². The van der Waals surface area contributed by atoms with Crippen LogP contribution in [0.25, 0.3) is 0 Å². The zero-order chi connectivity index (χ0) is 12.9. The minimum atomic E-state index is -0.227. The van der Waals surface area contributed by atoms with Crippen LogP contribution in [-0.4, -0.2) is 47.5 Å². The molecule has 0 saturated heterocycles. The molecule has 3 heteroatoms. The summed E-state index contributed by atoms with van der Waals surface area (Å²) in [6.07, 6.45) is 7.82. The maximum atomic E-state index is 9.92. The van der Waals surface area contributed by atoms with E-state index in [2.05, 4.69) is 18.7 Å². The van der Waals surface area contributed by atoms with Gasteiger partial charge in [-0.2, -0.15) is 0 Å². The Kier molecular flexibility index (Phi) is 12.3. The van der Waals surface area contributed by atoms with Crippen molar-refractivity contribution in [1.82, 2.24) is 4.90 Å². The average molecular weight is 245 g/mol. The topological polar surface area (TPSA) is 43.7 Å². The summed E-state index contributed by atoms with van der Waals surface area (Å²) in [5.74, 6) is 0. The minimum Gasteiger partial charge on any atom is -0.395 e. The van der Waals surface area contributed by atoms with Gasteiger partial charge in [-0.05, 0) is 19.4 Å². The van der Waals surface area contributed by atoms with E-state index in [4.69, 9.17) is 5.11 Å². The van der Waals surface area contributed by atoms with Crippen molar-refractivity contribution in [1.29, 1.82) is 0 Å². The predicted molar refractivity (Wildman–Crippen MR) is 73.2 cm³/mol. The van der Waals surface area contributed by atoms with E-state index in [-0.39, 0.29) is 12.7 Å². The maximum absolute atomic E-state index is 9.92. The number of hydrogen-bond acceptors (Lipinski definition) is 3. The monoisotopic (exact) mass is 245 g/mol. The second kappa shape index (κ2) is 12.3. The number of aliphatic hydroxyl groups excluding tert-OH is 2. The molecule has 0 amide bonds. The molecule has 0 bridgehead atoms. The van der Waals surface area contributed by atoms with Gasteiger partial charge in [-0.3, -0.25) is 4.90 Å². The van der Waals surface area contributed by atoms with Gasteiger partial charge in [0.1, 0.15) is 0 Å². The van der Waals surface area contributed by atoms with Crippen molar-refractivity contribution in [3.63, 3.8) is 0 Å². The van der Waals surface area contributed by atoms with E-state index >= 15 is 0 Å². The third kappa shape index (κ3) is 10.7. The Morgan fingerprint density at radius 1 is 0.941 bits per heavy atom. The fourth-order valence-corrected chi connectivity index (χ4v) is 2.01. The standard InChI is InChI=1S/C14H31NO2/c1-3-5-7-8-9-14(17)13-15(11-12-16)10-6-4-2/h14,16-17H,3-13H2,1-2H3. The molecule has 0 heterocycles. The predicted octanol–water partition coefficient (Wildman–Crippen LogP) is 2.41. The Labute approximate surface area is 107 Å². The molecular formula is C14H31NO2. The number of rotatable bonds is 12. The van der Waals surface area contributed by atoms with Crippen LogP contribution in [0.4, 0.5) is 0 Å². The van der Waals surface area contributed by atoms with E-state index in [0.29, 0.717) is 13.1 Å². The van der Waals surface area contributed by atoms with Crippen molar-refractivity contribution in [3.8, 4) is 0 Å². The summed E-state index contributed by atoms with van der Waals surface area (Å²) in [6.45, 7) is 6.94. The first-order chi connectivity index (χ1) is 8.24. The second-order valence-corrected chi connectivity index (χ2v) is 4.88. The molecule has 0 radical (unpaired) electrons. The third-order valence-corrected chi connectivity index (χ3v) is 3.10. The van der Waals surface area contributed by atoms with Crippen molar-refractivity contribution < 1.29 is 10.2 Å². The zero-order valence-electron chi connectivity index (χ0n) is 11.7. The molecule has 0 aliphatic heterocycles. The molecule has 0 aromatic rings. The fourth-order valence-electron chi connectivity index (χ4n) is 2.01. The Bertz CT molecular complexity index is 153. The van der Waals surface area contributed by atoms with Crippen LogP contribution in [0.3, 0.4) is 0 Å². The first kappa shape index (κ1) is 16.9. The van der Waals surface area contributed by atoms with Crippen LogP contribution in [0.2, 0.25) is 0 Å². The Morgan fingerprint density at radius 2 is 1.65 bits per heavy atom. The van der Waals surface area contributed by atoms with Gasteiger partial charge < -0.3 is 10.2 Å². The van der Waals surface area contributed by atoms with Gasteiger partial charge in [0.05, 0.1) is 12.7 Å². The maximum Gasteiger partial charge on any atom is 0.0667 e. The smallest absolute Gasteiger partial charge is 0.0667 e. The molecule has 0 spiro atoms. The third-order valence-electron chi connectivity index (χ3n) is 3.10. The highest BCUT2D eigenvalue weighted by Gasteiger charge is 2.10. The van der Waals surface area contributed by atoms with Crippen LogP contribution >= 0.6 is 0 Å². The minimum absolute atomic E-state index is 0.187. The lowest BCUT2D eigenvalue weighted by Crippen LogP contribution is -2.35. The molecule has 0 rings (SSSR count). The lowest BCUT2D eigenvalue weighted by molar-refractivity contribution is 0.0909. The van der Waals surface area contributed by atoms with E-state index < -0.39 is 0 Å². The molecule has 1 atom stereocenters. The molecule has 0 fully saturated rings. The van der Waals surface area contributed by atoms with Gasteiger partial charge in [0, 0.05) is 13.1 Å². The molecule has 3 nitrogen and oxygen atoms in total. The highest BCUT2D eigenvalue weighted by molar-refractivity contribution is 4.65. The van der Waals surface area contributed by atoms with Crippen molar-refractivity contribution in [2.24, 2.45) is 0 Å². The summed E-state index contributed by atoms with van der Waals surface area (Å²) in [5, 5.41) is 18.9. The van der Waals surface area contributed by atoms with Gasteiger partial charge in [-0.25, -0.2) is 0 Å². The Morgan fingerprint density at radius 3 is 2.24 bits per heavy atom. The molecule has 104 valence electrons. The molecule has 0 aliphatic carbocycles. The van der Waals surface area contributed by atoms with Crippen molar-refractivity contribution in [3.05, 3.63) is 0 Å². The number of nitrogens with zero attached hydrogens (tertiary/aromatic N) is 1. The van der Waals surface area contributed by atoms with Gasteiger partial charge in [-0.1, -0.05) is 46.0 Å². The number of unbranched alkanes of at least 4 members (excludes halogenated alkanes) is 4. The molecule has 0 aliphatic rings. The SMILES string of the molecule is CCCCCCC(O)CN(CCO)CCCC. The summed E-state index contributed by atoms with van der Waals surface area (Å²) in [5.41, 5.74) is 0. The van der Waals surface area contributed by atoms with Gasteiger partial charge in [0.15, 0.2) is 0 Å². The zero-order valence-corrected chi connectivity index (χ0v) is 11.7. The summed E-state index contributed by atoms with van der Waals surface area (Å²) in [7, 11) is 0. The van der Waals surface area contributed by atoms with E-state index in [0.717, 1.165) is 32.2 Å². The Balaban J connectivity index is 3.66. The van der Waals surface area contributed by atoms with Crippen LogP contribution in [0.15, 0.2) is 0 Å². The number of aliphatic hydroxyl groups is 2. The van der Waals surface area contributed by atoms with Crippen LogP contribution < -0.4 is 0 Å². The summed E-state index contributed by atoms with van der Waals surface area (Å²) < 4.78 is 0. The van der Waals surface area contributed by atoms with Crippen LogP contribution in [0.5, 0.6) is 0 Å². The van der Waals surface area contributed by atoms with E-state index in [1.807, 2.05) is 0 Å². The first-order valence-corrected chi connectivity index (χ1v) is 7.25. The van der Waals surface area contributed by atoms with Crippen LogP contribution in [0.1, 0.15) is 58.8 Å².